The molecule has 17 heavy (non-hydrogen) atoms. The Morgan fingerprint density at radius 1 is 1.06 bits per heavy atom. The summed E-state index contributed by atoms with van der Waals surface area (Å²) in [5.74, 6) is 1.87. The number of hydrogen-bond donors (Lipinski definition) is 0. The zero-order valence-corrected chi connectivity index (χ0v) is 11.2. The van der Waals surface area contributed by atoms with Gasteiger partial charge >= 0.3 is 0 Å². The summed E-state index contributed by atoms with van der Waals surface area (Å²) in [6, 6.07) is 3.50. The van der Waals surface area contributed by atoms with Gasteiger partial charge in [-0.1, -0.05) is 0 Å². The van der Waals surface area contributed by atoms with Crippen LogP contribution in [0.2, 0.25) is 0 Å². The van der Waals surface area contributed by atoms with E-state index >= 15 is 0 Å². The quantitative estimate of drug-likeness (QED) is 0.757. The molecule has 0 bridgehead atoms. The molecule has 4 nitrogen and oxygen atoms in total. The summed E-state index contributed by atoms with van der Waals surface area (Å²) in [5.41, 5.74) is 0.742. The topological polar surface area (TPSA) is 50.8 Å². The van der Waals surface area contributed by atoms with Gasteiger partial charge in [-0.25, -0.2) is 0 Å². The van der Waals surface area contributed by atoms with Crippen LogP contribution in [0.4, 0.5) is 0 Å². The first-order valence-electron chi connectivity index (χ1n) is 4.92. The van der Waals surface area contributed by atoms with Crippen molar-refractivity contribution in [3.63, 3.8) is 0 Å². The van der Waals surface area contributed by atoms with Gasteiger partial charge in [0.1, 0.15) is 22.7 Å². The predicted octanol–water partition coefficient (Wildman–Crippen LogP) is 2.06. The number of ether oxygens (including phenoxy) is 3. The van der Waals surface area contributed by atoms with Gasteiger partial charge in [0.2, 0.25) is 0 Å². The van der Waals surface area contributed by atoms with E-state index < -0.39 is 11.2 Å². The Labute approximate surface area is 104 Å². The molecular weight excluding hydrogens is 240 g/mol. The first-order chi connectivity index (χ1) is 8.12. The van der Waals surface area contributed by atoms with Crippen LogP contribution in [0.5, 0.6) is 17.2 Å². The lowest BCUT2D eigenvalue weighted by atomic mass is 10.1. The van der Waals surface area contributed by atoms with E-state index in [-0.39, 0.29) is 0 Å². The summed E-state index contributed by atoms with van der Waals surface area (Å²) in [5, 5.41) is 1.58. The van der Waals surface area contributed by atoms with Crippen molar-refractivity contribution >= 4 is 17.3 Å². The van der Waals surface area contributed by atoms with Crippen molar-refractivity contribution in [2.45, 2.75) is 0 Å². The molecule has 0 heterocycles. The minimum Gasteiger partial charge on any atom is -0.612 e. The van der Waals surface area contributed by atoms with Crippen molar-refractivity contribution < 1.29 is 18.8 Å². The summed E-state index contributed by atoms with van der Waals surface area (Å²) < 4.78 is 26.7. The molecule has 0 N–H and O–H groups in total. The lowest BCUT2D eigenvalue weighted by Gasteiger charge is -2.12. The van der Waals surface area contributed by atoms with E-state index in [9.17, 15) is 4.55 Å². The van der Waals surface area contributed by atoms with Crippen molar-refractivity contribution in [1.82, 2.24) is 0 Å². The van der Waals surface area contributed by atoms with Crippen LogP contribution >= 0.6 is 0 Å². The van der Waals surface area contributed by atoms with E-state index in [2.05, 4.69) is 0 Å². The number of benzene rings is 1. The van der Waals surface area contributed by atoms with Gasteiger partial charge in [0, 0.05) is 18.2 Å². The van der Waals surface area contributed by atoms with Crippen LogP contribution < -0.4 is 14.2 Å². The molecule has 1 unspecified atom stereocenters. The third-order valence-electron chi connectivity index (χ3n) is 2.18. The summed E-state index contributed by atoms with van der Waals surface area (Å²) in [7, 11) is 4.70. The molecular formula is C12H16O4S. The molecule has 94 valence electrons. The van der Waals surface area contributed by atoms with Gasteiger partial charge in [-0.15, -0.1) is 0 Å². The first kappa shape index (κ1) is 13.7. The van der Waals surface area contributed by atoms with Crippen LogP contribution in [-0.2, 0) is 11.2 Å². The molecule has 0 radical (unpaired) electrons. The predicted molar refractivity (Wildman–Crippen MR) is 69.2 cm³/mol. The van der Waals surface area contributed by atoms with E-state index in [1.807, 2.05) is 0 Å². The summed E-state index contributed by atoms with van der Waals surface area (Å²) >= 11 is -1.02. The number of methoxy groups -OCH3 is 3. The third-order valence-corrected chi connectivity index (χ3v) is 2.70. The fraction of sp³-hybridized carbons (Fsp3) is 0.333. The fourth-order valence-corrected chi connectivity index (χ4v) is 1.69. The number of rotatable bonds is 5. The van der Waals surface area contributed by atoms with E-state index in [0.29, 0.717) is 17.2 Å². The highest BCUT2D eigenvalue weighted by molar-refractivity contribution is 7.93. The van der Waals surface area contributed by atoms with E-state index in [1.165, 1.54) is 0 Å². The second-order valence-corrected chi connectivity index (χ2v) is 4.52. The molecule has 0 fully saturated rings. The molecule has 0 saturated carbocycles. The normalized spacial score (nSPS) is 12.5. The van der Waals surface area contributed by atoms with E-state index in [0.717, 1.165) is 5.56 Å². The molecule has 0 spiro atoms. The number of hydrogen-bond acceptors (Lipinski definition) is 4. The first-order valence-corrected chi connectivity index (χ1v) is 6.55. The van der Waals surface area contributed by atoms with E-state index in [1.54, 1.807) is 51.2 Å². The minimum absolute atomic E-state index is 0.614. The lowest BCUT2D eigenvalue weighted by Crippen LogP contribution is -1.95. The minimum atomic E-state index is -1.02. The monoisotopic (exact) mass is 256 g/mol. The van der Waals surface area contributed by atoms with Crippen molar-refractivity contribution in [2.75, 3.05) is 27.6 Å². The van der Waals surface area contributed by atoms with Crippen LogP contribution in [0.15, 0.2) is 17.5 Å². The van der Waals surface area contributed by atoms with Crippen LogP contribution in [0, 0.1) is 0 Å². The van der Waals surface area contributed by atoms with Gasteiger partial charge in [0.15, 0.2) is 0 Å². The molecule has 1 atom stereocenters. The molecule has 5 heteroatoms. The molecule has 0 saturated heterocycles. The molecule has 1 rings (SSSR count). The summed E-state index contributed by atoms with van der Waals surface area (Å²) in [6.45, 7) is 0. The Hall–Kier alpha value is -1.33. The molecule has 0 aromatic heterocycles. The summed E-state index contributed by atoms with van der Waals surface area (Å²) in [6.07, 6.45) is 3.31. The Kier molecular flexibility index (Phi) is 5.18. The average molecular weight is 256 g/mol. The van der Waals surface area contributed by atoms with Gasteiger partial charge < -0.3 is 18.8 Å². The average Bonchev–Trinajstić information content (AvgIpc) is 2.34. The lowest BCUT2D eigenvalue weighted by molar-refractivity contribution is 0.374. The Bertz CT molecular complexity index is 376. The van der Waals surface area contributed by atoms with E-state index in [4.69, 9.17) is 14.2 Å². The highest BCUT2D eigenvalue weighted by atomic mass is 32.2. The van der Waals surface area contributed by atoms with Gasteiger partial charge in [-0.2, -0.15) is 0 Å². The molecule has 1 aromatic rings. The second kappa shape index (κ2) is 6.42. The molecule has 0 amide bonds. The van der Waals surface area contributed by atoms with Crippen molar-refractivity contribution in [2.24, 2.45) is 0 Å². The standard InChI is InChI=1S/C12H16O4S/c1-14-9-7-11(15-2)10(5-6-17(4)13)12(8-9)16-3/h5-8H,1-4H3/b6-5+. The van der Waals surface area contributed by atoms with Gasteiger partial charge in [-0.05, 0) is 11.2 Å². The maximum absolute atomic E-state index is 11.1. The maximum Gasteiger partial charge on any atom is 0.133 e. The SMILES string of the molecule is COc1cc(OC)c(/C=C/[S+](C)[O-])c(OC)c1. The largest absolute Gasteiger partial charge is 0.612 e. The maximum atomic E-state index is 11.1. The Balaban J connectivity index is 3.24. The van der Waals surface area contributed by atoms with Crippen molar-refractivity contribution in [3.05, 3.63) is 23.1 Å². The molecule has 1 aromatic carbocycles. The van der Waals surface area contributed by atoms with Gasteiger partial charge in [0.05, 0.1) is 33.1 Å². The summed E-state index contributed by atoms with van der Waals surface area (Å²) in [4.78, 5) is 0. The van der Waals surface area contributed by atoms with Gasteiger partial charge in [-0.3, -0.25) is 0 Å². The molecule has 0 aliphatic carbocycles. The molecule has 0 aliphatic heterocycles. The van der Waals surface area contributed by atoms with Crippen molar-refractivity contribution in [3.8, 4) is 17.2 Å². The second-order valence-electron chi connectivity index (χ2n) is 3.25. The third kappa shape index (κ3) is 3.57. The van der Waals surface area contributed by atoms with Crippen LogP contribution in [0.25, 0.3) is 6.08 Å². The zero-order chi connectivity index (χ0) is 12.8. The highest BCUT2D eigenvalue weighted by Gasteiger charge is 2.11. The zero-order valence-electron chi connectivity index (χ0n) is 10.4. The Morgan fingerprint density at radius 2 is 1.59 bits per heavy atom. The van der Waals surface area contributed by atoms with Crippen LogP contribution in [0.1, 0.15) is 5.56 Å². The van der Waals surface area contributed by atoms with Gasteiger partial charge in [0.25, 0.3) is 0 Å². The van der Waals surface area contributed by atoms with Crippen molar-refractivity contribution in [1.29, 1.82) is 0 Å². The molecule has 0 aliphatic rings. The smallest absolute Gasteiger partial charge is 0.133 e. The van der Waals surface area contributed by atoms with Crippen LogP contribution in [0.3, 0.4) is 0 Å². The Morgan fingerprint density at radius 3 is 1.94 bits per heavy atom. The highest BCUT2D eigenvalue weighted by Crippen LogP contribution is 2.35. The van der Waals surface area contributed by atoms with Crippen LogP contribution in [-0.4, -0.2) is 32.1 Å². The fourth-order valence-electron chi connectivity index (χ4n) is 1.36.